The van der Waals surface area contributed by atoms with Crippen LogP contribution in [0.5, 0.6) is 0 Å². The van der Waals surface area contributed by atoms with Crippen LogP contribution in [-0.4, -0.2) is 15.7 Å². The standard InChI is InChI=1S/C28H24Cl3N3O/c1-17(14-20-8-7-11-22(29)15-20)27-18(2)26(28(35)32-19(3)21-9-5-4-6-10-21)33-34(27)25-13-12-23(30)16-24(25)31/h4-16,19H,1-3H3,(H,32,35)/t19-/m0/s1. The first-order chi connectivity index (χ1) is 16.7. The Morgan fingerprint density at radius 2 is 1.69 bits per heavy atom. The number of aromatic nitrogens is 2. The lowest BCUT2D eigenvalue weighted by molar-refractivity contribution is 0.0934. The minimum Gasteiger partial charge on any atom is -0.344 e. The summed E-state index contributed by atoms with van der Waals surface area (Å²) in [6, 6.07) is 22.4. The van der Waals surface area contributed by atoms with Crippen molar-refractivity contribution in [3.05, 3.63) is 116 Å². The van der Waals surface area contributed by atoms with Gasteiger partial charge >= 0.3 is 0 Å². The van der Waals surface area contributed by atoms with Crippen LogP contribution in [0.4, 0.5) is 0 Å². The van der Waals surface area contributed by atoms with Crippen molar-refractivity contribution in [2.75, 3.05) is 0 Å². The summed E-state index contributed by atoms with van der Waals surface area (Å²) >= 11 is 18.9. The highest BCUT2D eigenvalue weighted by Gasteiger charge is 2.24. The summed E-state index contributed by atoms with van der Waals surface area (Å²) in [6.07, 6.45) is 2.00. The Morgan fingerprint density at radius 3 is 2.37 bits per heavy atom. The van der Waals surface area contributed by atoms with Gasteiger partial charge in [-0.15, -0.1) is 0 Å². The zero-order valence-corrected chi connectivity index (χ0v) is 21.8. The molecule has 0 bridgehead atoms. The second-order valence-electron chi connectivity index (χ2n) is 8.32. The molecule has 7 heteroatoms. The van der Waals surface area contributed by atoms with Gasteiger partial charge in [-0.3, -0.25) is 4.79 Å². The number of carbonyl (C=O) groups excluding carboxylic acids is 1. The van der Waals surface area contributed by atoms with Crippen molar-refractivity contribution in [2.24, 2.45) is 0 Å². The Labute approximate surface area is 220 Å². The summed E-state index contributed by atoms with van der Waals surface area (Å²) in [7, 11) is 0. The van der Waals surface area contributed by atoms with Gasteiger partial charge in [0.25, 0.3) is 5.91 Å². The molecule has 35 heavy (non-hydrogen) atoms. The van der Waals surface area contributed by atoms with Gasteiger partial charge in [-0.05, 0) is 73.9 Å². The third-order valence-corrected chi connectivity index (χ3v) is 6.50. The van der Waals surface area contributed by atoms with Gasteiger partial charge in [-0.2, -0.15) is 5.10 Å². The minimum atomic E-state index is -0.264. The third kappa shape index (κ3) is 5.62. The average molecular weight is 525 g/mol. The SMILES string of the molecule is CC(=Cc1cccc(Cl)c1)c1c(C)c(C(=O)N[C@@H](C)c2ccccc2)nn1-c1ccc(Cl)cc1Cl. The maximum Gasteiger partial charge on any atom is 0.272 e. The van der Waals surface area contributed by atoms with Gasteiger partial charge in [-0.25, -0.2) is 4.68 Å². The van der Waals surface area contributed by atoms with Crippen LogP contribution < -0.4 is 5.32 Å². The minimum absolute atomic E-state index is 0.182. The first kappa shape index (κ1) is 25.1. The lowest BCUT2D eigenvalue weighted by atomic mass is 10.0. The van der Waals surface area contributed by atoms with Crippen molar-refractivity contribution in [1.29, 1.82) is 0 Å². The Morgan fingerprint density at radius 1 is 0.971 bits per heavy atom. The van der Waals surface area contributed by atoms with E-state index in [2.05, 4.69) is 5.32 Å². The monoisotopic (exact) mass is 523 g/mol. The van der Waals surface area contributed by atoms with Gasteiger partial charge in [0.1, 0.15) is 0 Å². The molecule has 0 aliphatic rings. The molecule has 178 valence electrons. The van der Waals surface area contributed by atoms with E-state index < -0.39 is 0 Å². The molecule has 0 spiro atoms. The van der Waals surface area contributed by atoms with E-state index in [1.807, 2.05) is 81.4 Å². The maximum absolute atomic E-state index is 13.3. The van der Waals surface area contributed by atoms with Crippen LogP contribution in [0.1, 0.15) is 52.8 Å². The lowest BCUT2D eigenvalue weighted by Gasteiger charge is -2.13. The van der Waals surface area contributed by atoms with Gasteiger partial charge in [0, 0.05) is 15.6 Å². The number of benzene rings is 3. The van der Waals surface area contributed by atoms with E-state index in [0.29, 0.717) is 26.4 Å². The molecule has 3 aromatic carbocycles. The fourth-order valence-corrected chi connectivity index (χ4v) is 4.69. The Bertz CT molecular complexity index is 1410. The first-order valence-corrected chi connectivity index (χ1v) is 12.2. The highest BCUT2D eigenvalue weighted by atomic mass is 35.5. The predicted molar refractivity (Wildman–Crippen MR) is 146 cm³/mol. The van der Waals surface area contributed by atoms with Crippen LogP contribution in [0.15, 0.2) is 72.8 Å². The van der Waals surface area contributed by atoms with E-state index >= 15 is 0 Å². The molecule has 1 amide bonds. The van der Waals surface area contributed by atoms with Gasteiger partial charge in [0.05, 0.1) is 22.4 Å². The van der Waals surface area contributed by atoms with Gasteiger partial charge in [0.2, 0.25) is 0 Å². The van der Waals surface area contributed by atoms with E-state index in [-0.39, 0.29) is 11.9 Å². The molecule has 1 heterocycles. The zero-order valence-electron chi connectivity index (χ0n) is 19.5. The van der Waals surface area contributed by atoms with E-state index in [0.717, 1.165) is 28.0 Å². The topological polar surface area (TPSA) is 46.9 Å². The lowest BCUT2D eigenvalue weighted by Crippen LogP contribution is -2.27. The fraction of sp³-hybridized carbons (Fsp3) is 0.143. The molecule has 0 saturated heterocycles. The zero-order chi connectivity index (χ0) is 25.1. The molecule has 4 aromatic rings. The summed E-state index contributed by atoms with van der Waals surface area (Å²) in [4.78, 5) is 13.3. The van der Waals surface area contributed by atoms with Crippen LogP contribution in [-0.2, 0) is 0 Å². The van der Waals surface area contributed by atoms with Crippen molar-refractivity contribution in [3.8, 4) is 5.69 Å². The molecule has 4 rings (SSSR count). The van der Waals surface area contributed by atoms with Crippen molar-refractivity contribution in [2.45, 2.75) is 26.8 Å². The van der Waals surface area contributed by atoms with Crippen molar-refractivity contribution in [1.82, 2.24) is 15.1 Å². The summed E-state index contributed by atoms with van der Waals surface area (Å²) in [5.41, 5.74) is 5.31. The number of nitrogens with one attached hydrogen (secondary N) is 1. The maximum atomic E-state index is 13.3. The Hall–Kier alpha value is -3.05. The van der Waals surface area contributed by atoms with Crippen LogP contribution in [0, 0.1) is 6.92 Å². The average Bonchev–Trinajstić information content (AvgIpc) is 3.16. The van der Waals surface area contributed by atoms with Crippen LogP contribution in [0.25, 0.3) is 17.3 Å². The van der Waals surface area contributed by atoms with E-state index in [1.54, 1.807) is 22.9 Å². The summed E-state index contributed by atoms with van der Waals surface area (Å²) in [5, 5.41) is 9.36. The second kappa shape index (κ2) is 10.7. The molecule has 0 saturated carbocycles. The van der Waals surface area contributed by atoms with E-state index in [4.69, 9.17) is 39.9 Å². The van der Waals surface area contributed by atoms with E-state index in [1.165, 1.54) is 0 Å². The van der Waals surface area contributed by atoms with Crippen LogP contribution in [0.2, 0.25) is 15.1 Å². The molecule has 0 fully saturated rings. The number of hydrogen-bond donors (Lipinski definition) is 1. The normalized spacial score (nSPS) is 12.5. The van der Waals surface area contributed by atoms with Crippen molar-refractivity contribution >= 4 is 52.4 Å². The highest BCUT2D eigenvalue weighted by molar-refractivity contribution is 6.35. The van der Waals surface area contributed by atoms with Gasteiger partial charge in [-0.1, -0.05) is 77.3 Å². The molecule has 0 aliphatic heterocycles. The highest BCUT2D eigenvalue weighted by Crippen LogP contribution is 2.31. The smallest absolute Gasteiger partial charge is 0.272 e. The Balaban J connectivity index is 1.80. The summed E-state index contributed by atoms with van der Waals surface area (Å²) < 4.78 is 1.70. The summed E-state index contributed by atoms with van der Waals surface area (Å²) in [5.74, 6) is -0.264. The van der Waals surface area contributed by atoms with Crippen molar-refractivity contribution in [3.63, 3.8) is 0 Å². The number of carbonyl (C=O) groups is 1. The molecule has 0 unspecified atom stereocenters. The van der Waals surface area contributed by atoms with Crippen molar-refractivity contribution < 1.29 is 4.79 Å². The molecule has 1 aromatic heterocycles. The third-order valence-electron chi connectivity index (χ3n) is 5.73. The largest absolute Gasteiger partial charge is 0.344 e. The molecule has 0 radical (unpaired) electrons. The predicted octanol–water partition coefficient (Wildman–Crippen LogP) is 8.19. The number of allylic oxidation sites excluding steroid dienone is 1. The van der Waals surface area contributed by atoms with Gasteiger partial charge in [0.15, 0.2) is 5.69 Å². The fourth-order valence-electron chi connectivity index (χ4n) is 4.01. The molecular weight excluding hydrogens is 501 g/mol. The number of hydrogen-bond acceptors (Lipinski definition) is 2. The Kier molecular flexibility index (Phi) is 7.66. The molecule has 1 atom stereocenters. The number of halogens is 3. The molecule has 0 aliphatic carbocycles. The molecule has 1 N–H and O–H groups in total. The van der Waals surface area contributed by atoms with Crippen LogP contribution in [0.3, 0.4) is 0 Å². The summed E-state index contributed by atoms with van der Waals surface area (Å²) in [6.45, 7) is 5.81. The number of rotatable bonds is 6. The second-order valence-corrected chi connectivity index (χ2v) is 9.60. The molecule has 4 nitrogen and oxygen atoms in total. The number of amides is 1. The molecular formula is C28H24Cl3N3O. The quantitative estimate of drug-likeness (QED) is 0.276. The number of nitrogens with zero attached hydrogens (tertiary/aromatic N) is 2. The van der Waals surface area contributed by atoms with E-state index in [9.17, 15) is 4.79 Å². The van der Waals surface area contributed by atoms with Crippen LogP contribution >= 0.6 is 34.8 Å². The first-order valence-electron chi connectivity index (χ1n) is 11.1. The van der Waals surface area contributed by atoms with Gasteiger partial charge < -0.3 is 5.32 Å².